The Hall–Kier alpha value is -1.31. The number of benzene rings is 1. The van der Waals surface area contributed by atoms with E-state index in [1.54, 1.807) is 0 Å². The second-order valence-corrected chi connectivity index (χ2v) is 4.30. The van der Waals surface area contributed by atoms with Crippen LogP contribution in [0.3, 0.4) is 0 Å². The molecule has 7 heteroatoms. The van der Waals surface area contributed by atoms with Crippen molar-refractivity contribution in [1.82, 2.24) is 0 Å². The maximum absolute atomic E-state index is 14.0. The van der Waals surface area contributed by atoms with E-state index < -0.39 is 11.6 Å². The number of thiocarbonyl (C=S) groups is 1. The largest absolute Gasteiger partial charge is 0.395 e. The normalized spacial score (nSPS) is 10.5. The summed E-state index contributed by atoms with van der Waals surface area (Å²) in [7, 11) is 1.49. The van der Waals surface area contributed by atoms with Gasteiger partial charge in [0.25, 0.3) is 0 Å². The number of nitrogens with two attached hydrogens (primary N) is 1. The lowest BCUT2D eigenvalue weighted by atomic mass is 10.1. The topological polar surface area (TPSA) is 58.7 Å². The first kappa shape index (κ1) is 15.7. The van der Waals surface area contributed by atoms with E-state index in [1.807, 2.05) is 0 Å². The fraction of sp³-hybridized carbons (Fsp3) is 0.417. The molecule has 0 bridgehead atoms. The fourth-order valence-corrected chi connectivity index (χ4v) is 1.79. The summed E-state index contributed by atoms with van der Waals surface area (Å²) in [6, 6.07) is 2.16. The summed E-state index contributed by atoms with van der Waals surface area (Å²) in [5, 5.41) is 8.95. The summed E-state index contributed by atoms with van der Waals surface area (Å²) in [5.74, 6) is -1.54. The SMILES string of the molecule is COCCN(CCO)c1c(F)cc(C(N)=S)cc1F. The number of aliphatic hydroxyl groups excluding tert-OH is 1. The minimum atomic E-state index is -0.771. The molecule has 4 nitrogen and oxygen atoms in total. The van der Waals surface area contributed by atoms with Crippen LogP contribution < -0.4 is 10.6 Å². The lowest BCUT2D eigenvalue weighted by Crippen LogP contribution is -2.32. The molecule has 0 spiro atoms. The fourth-order valence-electron chi connectivity index (χ4n) is 1.67. The van der Waals surface area contributed by atoms with Gasteiger partial charge in [-0.1, -0.05) is 12.2 Å². The summed E-state index contributed by atoms with van der Waals surface area (Å²) >= 11 is 4.68. The standard InChI is InChI=1S/C12H16F2N2O2S/c1-18-5-3-16(2-4-17)11-9(13)6-8(12(15)19)7-10(11)14/h6-7,17H,2-5H2,1H3,(H2,15,19). The Bertz CT molecular complexity index is 434. The number of hydrogen-bond acceptors (Lipinski definition) is 4. The van der Waals surface area contributed by atoms with Gasteiger partial charge in [0.15, 0.2) is 0 Å². The van der Waals surface area contributed by atoms with Gasteiger partial charge in [-0.25, -0.2) is 8.78 Å². The van der Waals surface area contributed by atoms with Crippen molar-refractivity contribution in [2.75, 3.05) is 38.3 Å². The van der Waals surface area contributed by atoms with Gasteiger partial charge >= 0.3 is 0 Å². The maximum Gasteiger partial charge on any atom is 0.150 e. The Morgan fingerprint density at radius 2 is 1.95 bits per heavy atom. The van der Waals surface area contributed by atoms with Crippen molar-refractivity contribution in [2.24, 2.45) is 5.73 Å². The monoisotopic (exact) mass is 290 g/mol. The summed E-state index contributed by atoms with van der Waals surface area (Å²) in [4.78, 5) is 1.30. The number of methoxy groups -OCH3 is 1. The minimum Gasteiger partial charge on any atom is -0.395 e. The van der Waals surface area contributed by atoms with Crippen LogP contribution in [-0.4, -0.2) is 43.5 Å². The van der Waals surface area contributed by atoms with Crippen molar-refractivity contribution in [3.8, 4) is 0 Å². The van der Waals surface area contributed by atoms with Gasteiger partial charge in [-0.05, 0) is 12.1 Å². The zero-order valence-electron chi connectivity index (χ0n) is 10.5. The van der Waals surface area contributed by atoms with Crippen LogP contribution in [-0.2, 0) is 4.74 Å². The number of ether oxygens (including phenoxy) is 1. The highest BCUT2D eigenvalue weighted by atomic mass is 32.1. The number of hydrogen-bond donors (Lipinski definition) is 2. The van der Waals surface area contributed by atoms with Gasteiger partial charge in [-0.3, -0.25) is 0 Å². The third kappa shape index (κ3) is 4.09. The zero-order valence-corrected chi connectivity index (χ0v) is 11.3. The first-order valence-electron chi connectivity index (χ1n) is 5.64. The molecule has 0 amide bonds. The Labute approximate surface area is 115 Å². The van der Waals surface area contributed by atoms with Gasteiger partial charge in [0.2, 0.25) is 0 Å². The first-order chi connectivity index (χ1) is 9.01. The van der Waals surface area contributed by atoms with Gasteiger partial charge in [0.05, 0.1) is 13.2 Å². The quantitative estimate of drug-likeness (QED) is 0.735. The van der Waals surface area contributed by atoms with Crippen LogP contribution >= 0.6 is 12.2 Å². The van der Waals surface area contributed by atoms with Crippen molar-refractivity contribution in [3.63, 3.8) is 0 Å². The van der Waals surface area contributed by atoms with E-state index in [-0.39, 0.29) is 42.5 Å². The number of anilines is 1. The molecule has 3 N–H and O–H groups in total. The predicted molar refractivity (Wildman–Crippen MR) is 73.4 cm³/mol. The number of nitrogens with zero attached hydrogens (tertiary/aromatic N) is 1. The van der Waals surface area contributed by atoms with Gasteiger partial charge in [-0.15, -0.1) is 0 Å². The molecule has 1 aromatic carbocycles. The highest BCUT2D eigenvalue weighted by Gasteiger charge is 2.18. The van der Waals surface area contributed by atoms with E-state index >= 15 is 0 Å². The molecule has 0 radical (unpaired) electrons. The van der Waals surface area contributed by atoms with Crippen molar-refractivity contribution in [1.29, 1.82) is 0 Å². The molecular weight excluding hydrogens is 274 g/mol. The van der Waals surface area contributed by atoms with E-state index in [2.05, 4.69) is 12.2 Å². The molecule has 0 aliphatic rings. The van der Waals surface area contributed by atoms with E-state index in [9.17, 15) is 8.78 Å². The minimum absolute atomic E-state index is 0.0741. The molecule has 19 heavy (non-hydrogen) atoms. The van der Waals surface area contributed by atoms with Crippen LogP contribution in [0.15, 0.2) is 12.1 Å². The van der Waals surface area contributed by atoms with Gasteiger partial charge < -0.3 is 20.5 Å². The third-order valence-electron chi connectivity index (χ3n) is 2.55. The average Bonchev–Trinajstić information content (AvgIpc) is 2.34. The highest BCUT2D eigenvalue weighted by Crippen LogP contribution is 2.25. The zero-order chi connectivity index (χ0) is 14.4. The third-order valence-corrected chi connectivity index (χ3v) is 2.79. The van der Waals surface area contributed by atoms with Crippen molar-refractivity contribution < 1.29 is 18.6 Å². The molecule has 0 fully saturated rings. The van der Waals surface area contributed by atoms with Crippen LogP contribution in [0.25, 0.3) is 0 Å². The van der Waals surface area contributed by atoms with Gasteiger partial charge in [-0.2, -0.15) is 0 Å². The molecule has 1 aromatic rings. The van der Waals surface area contributed by atoms with Crippen molar-refractivity contribution in [2.45, 2.75) is 0 Å². The second kappa shape index (κ2) is 7.32. The first-order valence-corrected chi connectivity index (χ1v) is 6.05. The Morgan fingerprint density at radius 3 is 2.37 bits per heavy atom. The molecule has 0 aliphatic heterocycles. The summed E-state index contributed by atoms with van der Waals surface area (Å²) in [6.45, 7) is 0.427. The molecule has 106 valence electrons. The van der Waals surface area contributed by atoms with E-state index in [4.69, 9.17) is 15.6 Å². The number of rotatable bonds is 7. The molecule has 1 rings (SSSR count). The highest BCUT2D eigenvalue weighted by molar-refractivity contribution is 7.80. The summed E-state index contributed by atoms with van der Waals surface area (Å²) < 4.78 is 32.8. The predicted octanol–water partition coefficient (Wildman–Crippen LogP) is 1.04. The van der Waals surface area contributed by atoms with E-state index in [1.165, 1.54) is 12.0 Å². The van der Waals surface area contributed by atoms with Gasteiger partial charge in [0.1, 0.15) is 22.3 Å². The summed E-state index contributed by atoms with van der Waals surface area (Å²) in [6.07, 6.45) is 0. The van der Waals surface area contributed by atoms with E-state index in [0.29, 0.717) is 0 Å². The smallest absolute Gasteiger partial charge is 0.150 e. The molecule has 0 unspecified atom stereocenters. The maximum atomic E-state index is 14.0. The molecule has 0 saturated heterocycles. The molecule has 0 aromatic heterocycles. The Kier molecular flexibility index (Phi) is 6.07. The second-order valence-electron chi connectivity index (χ2n) is 3.86. The Morgan fingerprint density at radius 1 is 1.37 bits per heavy atom. The van der Waals surface area contributed by atoms with Gasteiger partial charge in [0, 0.05) is 25.8 Å². The average molecular weight is 290 g/mol. The number of aliphatic hydroxyl groups is 1. The lowest BCUT2D eigenvalue weighted by Gasteiger charge is -2.24. The Balaban J connectivity index is 3.11. The van der Waals surface area contributed by atoms with Crippen LogP contribution in [0.1, 0.15) is 5.56 Å². The van der Waals surface area contributed by atoms with Crippen LogP contribution in [0.4, 0.5) is 14.5 Å². The summed E-state index contributed by atoms with van der Waals surface area (Å²) in [5.41, 5.74) is 5.25. The van der Waals surface area contributed by atoms with E-state index in [0.717, 1.165) is 12.1 Å². The van der Waals surface area contributed by atoms with Crippen LogP contribution in [0.5, 0.6) is 0 Å². The molecule has 0 heterocycles. The lowest BCUT2D eigenvalue weighted by molar-refractivity contribution is 0.202. The van der Waals surface area contributed by atoms with Crippen molar-refractivity contribution in [3.05, 3.63) is 29.3 Å². The van der Waals surface area contributed by atoms with Crippen LogP contribution in [0, 0.1) is 11.6 Å². The molecule has 0 atom stereocenters. The molecule has 0 saturated carbocycles. The number of halogens is 2. The molecule has 0 aliphatic carbocycles. The molecular formula is C12H16F2N2O2S. The van der Waals surface area contributed by atoms with Crippen molar-refractivity contribution >= 4 is 22.9 Å². The van der Waals surface area contributed by atoms with Crippen LogP contribution in [0.2, 0.25) is 0 Å².